The largest absolute Gasteiger partial charge is 0.496 e. The van der Waals surface area contributed by atoms with Crippen LogP contribution in [0.3, 0.4) is 0 Å². The Balaban J connectivity index is 1.78. The van der Waals surface area contributed by atoms with Crippen LogP contribution < -0.4 is 4.74 Å². The van der Waals surface area contributed by atoms with Gasteiger partial charge in [0.2, 0.25) is 6.29 Å². The Bertz CT molecular complexity index is 912. The highest BCUT2D eigenvalue weighted by atomic mass is 16.7. The minimum absolute atomic E-state index is 0.622. The lowest BCUT2D eigenvalue weighted by atomic mass is 9.97. The van der Waals surface area contributed by atoms with Crippen LogP contribution in [0, 0.1) is 0 Å². The molecule has 0 aliphatic carbocycles. The van der Waals surface area contributed by atoms with Crippen LogP contribution in [0.1, 0.15) is 18.4 Å². The van der Waals surface area contributed by atoms with E-state index in [4.69, 9.17) is 19.3 Å². The fraction of sp³-hybridized carbons (Fsp3) is 0.400. The third-order valence-corrected chi connectivity index (χ3v) is 4.98. The number of esters is 1. The molecule has 0 amide bonds. The number of hydrogen-bond acceptors (Lipinski definition) is 8. The highest BCUT2D eigenvalue weighted by molar-refractivity contribution is 5.90. The summed E-state index contributed by atoms with van der Waals surface area (Å²) in [5.41, 5.74) is 0.622. The van der Waals surface area contributed by atoms with Gasteiger partial charge in [0, 0.05) is 5.39 Å². The van der Waals surface area contributed by atoms with Crippen molar-refractivity contribution in [3.05, 3.63) is 42.0 Å². The van der Waals surface area contributed by atoms with Crippen LogP contribution in [-0.4, -0.2) is 70.2 Å². The van der Waals surface area contributed by atoms with Crippen molar-refractivity contribution in [2.24, 2.45) is 0 Å². The molecule has 156 valence electrons. The van der Waals surface area contributed by atoms with Gasteiger partial charge in [0.05, 0.1) is 13.0 Å². The summed E-state index contributed by atoms with van der Waals surface area (Å²) >= 11 is 0. The molecular formula is C20H22O9. The number of aliphatic hydroxyl groups is 3. The van der Waals surface area contributed by atoms with E-state index >= 15 is 0 Å². The average Bonchev–Trinajstić information content (AvgIpc) is 2.72. The Morgan fingerprint density at radius 1 is 1.07 bits per heavy atom. The van der Waals surface area contributed by atoms with Gasteiger partial charge in [-0.25, -0.2) is 4.79 Å². The molecular weight excluding hydrogens is 384 g/mol. The van der Waals surface area contributed by atoms with Crippen molar-refractivity contribution in [2.45, 2.75) is 43.5 Å². The summed E-state index contributed by atoms with van der Waals surface area (Å²) in [4.78, 5) is 23.7. The van der Waals surface area contributed by atoms with Gasteiger partial charge in [0.1, 0.15) is 24.1 Å². The number of benzene rings is 2. The first-order valence-corrected chi connectivity index (χ1v) is 8.94. The predicted octanol–water partition coefficient (Wildman–Crippen LogP) is 0.387. The molecule has 6 atom stereocenters. The molecule has 0 saturated carbocycles. The molecule has 4 N–H and O–H groups in total. The summed E-state index contributed by atoms with van der Waals surface area (Å²) in [6.45, 7) is 1.58. The van der Waals surface area contributed by atoms with E-state index in [1.54, 1.807) is 32.2 Å². The topological polar surface area (TPSA) is 143 Å². The number of carbonyl (C=O) groups is 2. The van der Waals surface area contributed by atoms with Crippen molar-refractivity contribution in [1.82, 2.24) is 0 Å². The number of rotatable bonds is 5. The van der Waals surface area contributed by atoms with Crippen LogP contribution in [0.5, 0.6) is 5.75 Å². The summed E-state index contributed by atoms with van der Waals surface area (Å²) in [6.07, 6.45) is -9.06. The van der Waals surface area contributed by atoms with E-state index in [9.17, 15) is 24.9 Å². The van der Waals surface area contributed by atoms with Crippen molar-refractivity contribution < 1.29 is 44.2 Å². The maximum absolute atomic E-state index is 12.6. The zero-order chi connectivity index (χ0) is 21.3. The van der Waals surface area contributed by atoms with Crippen LogP contribution >= 0.6 is 0 Å². The Morgan fingerprint density at radius 2 is 1.79 bits per heavy atom. The van der Waals surface area contributed by atoms with Crippen LogP contribution in [0.4, 0.5) is 0 Å². The molecule has 2 aromatic carbocycles. The number of aliphatic hydroxyl groups excluding tert-OH is 3. The molecule has 0 bridgehead atoms. The lowest BCUT2D eigenvalue weighted by Gasteiger charge is -2.38. The van der Waals surface area contributed by atoms with Gasteiger partial charge in [0.25, 0.3) is 0 Å². The maximum atomic E-state index is 12.6. The van der Waals surface area contributed by atoms with Gasteiger partial charge < -0.3 is 34.6 Å². The summed E-state index contributed by atoms with van der Waals surface area (Å²) in [7, 11) is 1.56. The highest BCUT2D eigenvalue weighted by Crippen LogP contribution is 2.30. The van der Waals surface area contributed by atoms with E-state index in [2.05, 4.69) is 0 Å². The standard InChI is InChI=1S/C20H22O9/c1-9(10-6-7-12-11(8-10)4-3-5-13(12)27-2)19(26)29-20-16(23)14(21)15(22)17(28-20)18(24)25/h3-9,14-17,20-23H,1-2H3,(H,24,25)/t9-,14-,15-,16+,17-,20?/m0/s1. The lowest BCUT2D eigenvalue weighted by Crippen LogP contribution is -2.60. The second-order valence-electron chi connectivity index (χ2n) is 6.83. The van der Waals surface area contributed by atoms with Gasteiger partial charge >= 0.3 is 11.9 Å². The Kier molecular flexibility index (Phi) is 6.04. The second kappa shape index (κ2) is 8.34. The third kappa shape index (κ3) is 4.03. The van der Waals surface area contributed by atoms with Crippen molar-refractivity contribution in [2.75, 3.05) is 7.11 Å². The fourth-order valence-corrected chi connectivity index (χ4v) is 3.22. The van der Waals surface area contributed by atoms with E-state index < -0.39 is 48.6 Å². The van der Waals surface area contributed by atoms with Crippen LogP contribution in [-0.2, 0) is 19.1 Å². The van der Waals surface area contributed by atoms with E-state index in [1.807, 2.05) is 18.2 Å². The normalized spacial score (nSPS) is 28.0. The molecule has 1 aliphatic rings. The number of hydrogen-bond donors (Lipinski definition) is 4. The first kappa shape index (κ1) is 21.0. The first-order valence-electron chi connectivity index (χ1n) is 8.94. The Morgan fingerprint density at radius 3 is 2.45 bits per heavy atom. The van der Waals surface area contributed by atoms with Gasteiger partial charge in [-0.05, 0) is 23.9 Å². The third-order valence-electron chi connectivity index (χ3n) is 4.98. The Hall–Kier alpha value is -2.72. The van der Waals surface area contributed by atoms with Crippen molar-refractivity contribution in [3.63, 3.8) is 0 Å². The molecule has 0 spiro atoms. The average molecular weight is 406 g/mol. The molecule has 1 heterocycles. The monoisotopic (exact) mass is 406 g/mol. The molecule has 0 radical (unpaired) electrons. The predicted molar refractivity (Wildman–Crippen MR) is 99.3 cm³/mol. The van der Waals surface area contributed by atoms with Crippen molar-refractivity contribution in [1.29, 1.82) is 0 Å². The van der Waals surface area contributed by atoms with Gasteiger partial charge in [-0.3, -0.25) is 4.79 Å². The van der Waals surface area contributed by atoms with E-state index in [-0.39, 0.29) is 0 Å². The Labute approximate surface area is 166 Å². The van der Waals surface area contributed by atoms with E-state index in [0.29, 0.717) is 11.3 Å². The molecule has 0 aromatic heterocycles. The summed E-state index contributed by atoms with van der Waals surface area (Å²) in [5.74, 6) is -2.42. The first-order chi connectivity index (χ1) is 13.7. The number of ether oxygens (including phenoxy) is 3. The van der Waals surface area contributed by atoms with Gasteiger partial charge in [-0.1, -0.05) is 30.3 Å². The van der Waals surface area contributed by atoms with Crippen molar-refractivity contribution >= 4 is 22.7 Å². The summed E-state index contributed by atoms with van der Waals surface area (Å²) < 4.78 is 15.4. The minimum atomic E-state index is -1.86. The fourth-order valence-electron chi connectivity index (χ4n) is 3.22. The smallest absolute Gasteiger partial charge is 0.335 e. The number of aliphatic carboxylic acids is 1. The molecule has 1 fully saturated rings. The number of carboxylic acids is 1. The SMILES string of the molecule is COc1cccc2cc([C@H](C)C(=O)OC3O[C@H](C(=O)O)[C@@H](O)[C@H](O)[C@H]3O)ccc12. The van der Waals surface area contributed by atoms with Gasteiger partial charge in [0.15, 0.2) is 6.10 Å². The molecule has 9 nitrogen and oxygen atoms in total. The molecule has 9 heteroatoms. The zero-order valence-electron chi connectivity index (χ0n) is 15.8. The van der Waals surface area contributed by atoms with Crippen LogP contribution in [0.2, 0.25) is 0 Å². The van der Waals surface area contributed by atoms with Crippen molar-refractivity contribution in [3.8, 4) is 5.75 Å². The van der Waals surface area contributed by atoms with E-state index in [1.165, 1.54) is 0 Å². The maximum Gasteiger partial charge on any atom is 0.335 e. The molecule has 29 heavy (non-hydrogen) atoms. The number of carboxylic acid groups (broad SMARTS) is 1. The van der Waals surface area contributed by atoms with E-state index in [0.717, 1.165) is 10.8 Å². The number of carbonyl (C=O) groups excluding carboxylic acids is 1. The molecule has 1 aliphatic heterocycles. The molecule has 2 aromatic rings. The van der Waals surface area contributed by atoms with Crippen LogP contribution in [0.25, 0.3) is 10.8 Å². The number of fused-ring (bicyclic) bond motifs is 1. The summed E-state index contributed by atoms with van der Waals surface area (Å²) in [6, 6.07) is 10.8. The molecule has 1 saturated heterocycles. The quantitative estimate of drug-likeness (QED) is 0.518. The summed E-state index contributed by atoms with van der Waals surface area (Å²) in [5, 5.41) is 40.3. The van der Waals surface area contributed by atoms with Gasteiger partial charge in [-0.15, -0.1) is 0 Å². The minimum Gasteiger partial charge on any atom is -0.496 e. The molecule has 3 rings (SSSR count). The molecule has 1 unspecified atom stereocenters. The van der Waals surface area contributed by atoms with Crippen LogP contribution in [0.15, 0.2) is 36.4 Å². The zero-order valence-corrected chi connectivity index (χ0v) is 15.8. The van der Waals surface area contributed by atoms with Gasteiger partial charge in [-0.2, -0.15) is 0 Å². The lowest BCUT2D eigenvalue weighted by molar-refractivity contribution is -0.286. The second-order valence-corrected chi connectivity index (χ2v) is 6.83. The number of methoxy groups -OCH3 is 1. The highest BCUT2D eigenvalue weighted by Gasteiger charge is 2.48.